The molecule has 0 amide bonds. The highest BCUT2D eigenvalue weighted by Crippen LogP contribution is 2.35. The predicted octanol–water partition coefficient (Wildman–Crippen LogP) is 3.23. The van der Waals surface area contributed by atoms with Crippen LogP contribution in [0, 0.1) is 5.92 Å². The molecule has 0 N–H and O–H groups in total. The zero-order valence-corrected chi connectivity index (χ0v) is 14.0. The molecule has 2 aromatic rings. The summed E-state index contributed by atoms with van der Waals surface area (Å²) in [6.45, 7) is 4.00. The summed E-state index contributed by atoms with van der Waals surface area (Å²) in [7, 11) is 0. The van der Waals surface area contributed by atoms with Gasteiger partial charge in [-0.3, -0.25) is 9.69 Å². The smallest absolute Gasteiger partial charge is 0.250 e. The highest BCUT2D eigenvalue weighted by Gasteiger charge is 2.34. The predicted molar refractivity (Wildman–Crippen MR) is 91.0 cm³/mol. The number of pyridine rings is 1. The molecule has 4 heteroatoms. The average molecular weight is 359 g/mol. The molecule has 114 valence electrons. The molecule has 2 bridgehead atoms. The van der Waals surface area contributed by atoms with E-state index in [-0.39, 0.29) is 5.56 Å². The number of rotatable bonds is 2. The number of benzene rings is 1. The topological polar surface area (TPSA) is 25.2 Å². The molecule has 3 heterocycles. The van der Waals surface area contributed by atoms with Gasteiger partial charge in [0.15, 0.2) is 0 Å². The molecule has 1 aromatic heterocycles. The summed E-state index contributed by atoms with van der Waals surface area (Å²) >= 11 is 3.55. The molecule has 4 rings (SSSR count). The quantitative estimate of drug-likeness (QED) is 0.823. The van der Waals surface area contributed by atoms with Crippen molar-refractivity contribution >= 4 is 15.9 Å². The Balaban J connectivity index is 1.57. The lowest BCUT2D eigenvalue weighted by atomic mass is 9.83. The maximum absolute atomic E-state index is 12.0. The van der Waals surface area contributed by atoms with Gasteiger partial charge in [-0.1, -0.05) is 34.1 Å². The van der Waals surface area contributed by atoms with Gasteiger partial charge in [-0.05, 0) is 36.1 Å². The number of fused-ring (bicyclic) bond motifs is 4. The molecule has 2 aliphatic rings. The Labute approximate surface area is 138 Å². The molecule has 1 saturated heterocycles. The number of nitrogens with zero attached hydrogens (tertiary/aromatic N) is 2. The number of likely N-dealkylation sites (tertiary alicyclic amines) is 1. The Kier molecular flexibility index (Phi) is 3.66. The third-order valence-electron chi connectivity index (χ3n) is 4.85. The fourth-order valence-corrected chi connectivity index (χ4v) is 4.46. The van der Waals surface area contributed by atoms with Gasteiger partial charge in [-0.15, -0.1) is 0 Å². The van der Waals surface area contributed by atoms with E-state index in [0.717, 1.165) is 30.7 Å². The number of hydrogen-bond donors (Lipinski definition) is 0. The van der Waals surface area contributed by atoms with Crippen molar-refractivity contribution in [2.75, 3.05) is 13.1 Å². The summed E-state index contributed by atoms with van der Waals surface area (Å²) in [5.74, 6) is 1.09. The van der Waals surface area contributed by atoms with Crippen molar-refractivity contribution in [1.82, 2.24) is 9.47 Å². The second-order valence-corrected chi connectivity index (χ2v) is 7.44. The molecular formula is C18H19BrN2O. The summed E-state index contributed by atoms with van der Waals surface area (Å²) in [6.07, 6.45) is 1.22. The van der Waals surface area contributed by atoms with Crippen LogP contribution in [0.4, 0.5) is 0 Å². The van der Waals surface area contributed by atoms with Gasteiger partial charge in [0, 0.05) is 48.3 Å². The minimum Gasteiger partial charge on any atom is -0.312 e. The number of halogens is 1. The largest absolute Gasteiger partial charge is 0.312 e. The van der Waals surface area contributed by atoms with Crippen molar-refractivity contribution < 1.29 is 0 Å². The van der Waals surface area contributed by atoms with Crippen molar-refractivity contribution in [3.63, 3.8) is 0 Å². The van der Waals surface area contributed by atoms with Crippen LogP contribution in [0.25, 0.3) is 0 Å². The van der Waals surface area contributed by atoms with Crippen LogP contribution in [0.1, 0.15) is 23.6 Å². The van der Waals surface area contributed by atoms with Gasteiger partial charge in [0.1, 0.15) is 0 Å². The molecular weight excluding hydrogens is 340 g/mol. The van der Waals surface area contributed by atoms with Crippen LogP contribution in [0.3, 0.4) is 0 Å². The van der Waals surface area contributed by atoms with E-state index in [2.05, 4.69) is 51.2 Å². The number of hydrogen-bond acceptors (Lipinski definition) is 2. The highest BCUT2D eigenvalue weighted by atomic mass is 79.9. The summed E-state index contributed by atoms with van der Waals surface area (Å²) in [6, 6.07) is 14.3. The molecule has 0 aliphatic carbocycles. The second-order valence-electron chi connectivity index (χ2n) is 6.52. The molecule has 0 radical (unpaired) electrons. The van der Waals surface area contributed by atoms with Gasteiger partial charge < -0.3 is 4.57 Å². The Bertz CT molecular complexity index is 755. The van der Waals surface area contributed by atoms with E-state index in [0.29, 0.717) is 11.8 Å². The van der Waals surface area contributed by atoms with Gasteiger partial charge in [0.2, 0.25) is 0 Å². The van der Waals surface area contributed by atoms with Crippen LogP contribution >= 0.6 is 15.9 Å². The lowest BCUT2D eigenvalue weighted by Gasteiger charge is -2.42. The summed E-state index contributed by atoms with van der Waals surface area (Å²) in [5.41, 5.74) is 2.73. The van der Waals surface area contributed by atoms with Crippen molar-refractivity contribution in [1.29, 1.82) is 0 Å². The van der Waals surface area contributed by atoms with Crippen molar-refractivity contribution in [2.45, 2.75) is 25.4 Å². The first-order valence-corrected chi connectivity index (χ1v) is 8.65. The third kappa shape index (κ3) is 2.66. The highest BCUT2D eigenvalue weighted by molar-refractivity contribution is 9.10. The zero-order valence-electron chi connectivity index (χ0n) is 12.4. The first kappa shape index (κ1) is 14.2. The Morgan fingerprint density at radius 2 is 1.95 bits per heavy atom. The minimum absolute atomic E-state index is 0.160. The molecule has 2 aliphatic heterocycles. The molecule has 2 atom stereocenters. The van der Waals surface area contributed by atoms with Crippen molar-refractivity contribution in [3.8, 4) is 0 Å². The van der Waals surface area contributed by atoms with Crippen LogP contribution in [-0.2, 0) is 13.1 Å². The fraction of sp³-hybridized carbons (Fsp3) is 0.389. The van der Waals surface area contributed by atoms with E-state index in [4.69, 9.17) is 0 Å². The van der Waals surface area contributed by atoms with Crippen LogP contribution in [0.2, 0.25) is 0 Å². The van der Waals surface area contributed by atoms with E-state index >= 15 is 0 Å². The normalized spacial score (nSPS) is 24.0. The summed E-state index contributed by atoms with van der Waals surface area (Å²) in [4.78, 5) is 14.6. The fourth-order valence-electron chi connectivity index (χ4n) is 4.02. The van der Waals surface area contributed by atoms with E-state index in [1.807, 2.05) is 10.6 Å². The Hall–Kier alpha value is -1.39. The first-order chi connectivity index (χ1) is 10.7. The molecule has 22 heavy (non-hydrogen) atoms. The van der Waals surface area contributed by atoms with Gasteiger partial charge in [-0.25, -0.2) is 0 Å². The van der Waals surface area contributed by atoms with Gasteiger partial charge in [-0.2, -0.15) is 0 Å². The number of piperidine rings is 1. The average Bonchev–Trinajstić information content (AvgIpc) is 2.48. The van der Waals surface area contributed by atoms with Gasteiger partial charge in [0.05, 0.1) is 0 Å². The van der Waals surface area contributed by atoms with E-state index in [1.165, 1.54) is 17.7 Å². The lowest BCUT2D eigenvalue weighted by molar-refractivity contribution is 0.114. The molecule has 3 nitrogen and oxygen atoms in total. The van der Waals surface area contributed by atoms with Crippen molar-refractivity contribution in [2.24, 2.45) is 5.92 Å². The van der Waals surface area contributed by atoms with E-state index in [1.54, 1.807) is 6.07 Å². The molecule has 1 fully saturated rings. The van der Waals surface area contributed by atoms with Crippen molar-refractivity contribution in [3.05, 3.63) is 68.5 Å². The SMILES string of the molecule is O=c1cccc2n1CC1CC2CN(Cc2cccc(Br)c2)C1. The van der Waals surface area contributed by atoms with Crippen LogP contribution in [-0.4, -0.2) is 22.6 Å². The van der Waals surface area contributed by atoms with Crippen LogP contribution in [0.15, 0.2) is 51.7 Å². The summed E-state index contributed by atoms with van der Waals surface area (Å²) < 4.78 is 3.13. The molecule has 0 spiro atoms. The molecule has 2 unspecified atom stereocenters. The zero-order chi connectivity index (χ0) is 15.1. The molecule has 1 aromatic carbocycles. The lowest BCUT2D eigenvalue weighted by Crippen LogP contribution is -2.46. The first-order valence-electron chi connectivity index (χ1n) is 7.85. The Morgan fingerprint density at radius 1 is 1.09 bits per heavy atom. The van der Waals surface area contributed by atoms with Gasteiger partial charge in [0.25, 0.3) is 5.56 Å². The van der Waals surface area contributed by atoms with E-state index in [9.17, 15) is 4.79 Å². The third-order valence-corrected chi connectivity index (χ3v) is 5.34. The number of aromatic nitrogens is 1. The van der Waals surface area contributed by atoms with Crippen LogP contribution < -0.4 is 5.56 Å². The summed E-state index contributed by atoms with van der Waals surface area (Å²) in [5, 5.41) is 0. The maximum atomic E-state index is 12.0. The minimum atomic E-state index is 0.160. The van der Waals surface area contributed by atoms with Crippen LogP contribution in [0.5, 0.6) is 0 Å². The standard InChI is InChI=1S/C18H19BrN2O/c19-16-4-1-3-13(8-16)9-20-10-14-7-15(12-20)17-5-2-6-18(22)21(17)11-14/h1-6,8,14-15H,7,9-12H2. The molecule has 0 saturated carbocycles. The Morgan fingerprint density at radius 3 is 2.82 bits per heavy atom. The monoisotopic (exact) mass is 358 g/mol. The maximum Gasteiger partial charge on any atom is 0.250 e. The van der Waals surface area contributed by atoms with Gasteiger partial charge >= 0.3 is 0 Å². The van der Waals surface area contributed by atoms with E-state index < -0.39 is 0 Å². The second kappa shape index (κ2) is 5.67.